The van der Waals surface area contributed by atoms with Crippen LogP contribution in [-0.2, 0) is 0 Å². The Bertz CT molecular complexity index is 803. The zero-order valence-corrected chi connectivity index (χ0v) is 12.1. The summed E-state index contributed by atoms with van der Waals surface area (Å²) in [7, 11) is 0. The van der Waals surface area contributed by atoms with Gasteiger partial charge in [-0.25, -0.2) is 0 Å². The average Bonchev–Trinajstić information content (AvgIpc) is 2.50. The molecule has 0 aliphatic heterocycles. The van der Waals surface area contributed by atoms with Gasteiger partial charge in [0.25, 0.3) is 0 Å². The van der Waals surface area contributed by atoms with Crippen molar-refractivity contribution < 1.29 is 0 Å². The van der Waals surface area contributed by atoms with Crippen LogP contribution in [0.3, 0.4) is 0 Å². The highest BCUT2D eigenvalue weighted by molar-refractivity contribution is 7.99. The molecule has 0 radical (unpaired) electrons. The van der Waals surface area contributed by atoms with Crippen molar-refractivity contribution in [2.45, 2.75) is 9.79 Å². The first-order valence-electron chi connectivity index (χ1n) is 6.13. The fourth-order valence-electron chi connectivity index (χ4n) is 2.09. The number of nitrogens with zero attached hydrogens (tertiary/aromatic N) is 1. The molecule has 0 spiro atoms. The quantitative estimate of drug-likeness (QED) is 0.622. The van der Waals surface area contributed by atoms with Gasteiger partial charge in [0.2, 0.25) is 0 Å². The molecule has 96 valence electrons. The molecule has 3 aromatic carbocycles. The molecule has 0 atom stereocenters. The minimum atomic E-state index is 0.709. The van der Waals surface area contributed by atoms with Crippen LogP contribution in [0.15, 0.2) is 70.5 Å². The third-order valence-electron chi connectivity index (χ3n) is 3.05. The number of benzene rings is 3. The van der Waals surface area contributed by atoms with E-state index in [-0.39, 0.29) is 0 Å². The lowest BCUT2D eigenvalue weighted by Crippen LogP contribution is -1.83. The van der Waals surface area contributed by atoms with Gasteiger partial charge in [-0.1, -0.05) is 47.6 Å². The van der Waals surface area contributed by atoms with E-state index in [0.29, 0.717) is 5.56 Å². The summed E-state index contributed by atoms with van der Waals surface area (Å²) < 4.78 is 0. The van der Waals surface area contributed by atoms with E-state index in [1.54, 1.807) is 11.8 Å². The third kappa shape index (κ3) is 2.51. The number of nitriles is 1. The molecule has 0 amide bonds. The van der Waals surface area contributed by atoms with E-state index < -0.39 is 0 Å². The molecule has 3 rings (SSSR count). The number of hydrogen-bond donors (Lipinski definition) is 0. The Morgan fingerprint density at radius 1 is 0.850 bits per heavy atom. The summed E-state index contributed by atoms with van der Waals surface area (Å²) in [6.45, 7) is 0. The second-order valence-corrected chi connectivity index (χ2v) is 5.88. The summed E-state index contributed by atoms with van der Waals surface area (Å²) in [6, 6.07) is 21.9. The molecule has 1 nitrogen and oxygen atoms in total. The van der Waals surface area contributed by atoms with Gasteiger partial charge in [0, 0.05) is 20.2 Å². The van der Waals surface area contributed by atoms with Crippen LogP contribution in [0, 0.1) is 11.3 Å². The number of fused-ring (bicyclic) bond motifs is 1. The Balaban J connectivity index is 2.09. The first-order valence-corrected chi connectivity index (χ1v) is 7.32. The van der Waals surface area contributed by atoms with Crippen molar-refractivity contribution in [2.24, 2.45) is 0 Å². The maximum absolute atomic E-state index is 9.18. The highest BCUT2D eigenvalue weighted by atomic mass is 35.5. The Labute approximate surface area is 126 Å². The van der Waals surface area contributed by atoms with Gasteiger partial charge in [-0.3, -0.25) is 0 Å². The van der Waals surface area contributed by atoms with Crippen molar-refractivity contribution in [3.63, 3.8) is 0 Å². The van der Waals surface area contributed by atoms with Crippen molar-refractivity contribution in [2.75, 3.05) is 0 Å². The Morgan fingerprint density at radius 2 is 1.55 bits per heavy atom. The molecular weight excluding hydrogens is 286 g/mol. The fraction of sp³-hybridized carbons (Fsp3) is 0. The zero-order chi connectivity index (χ0) is 13.9. The molecule has 0 aliphatic rings. The Hall–Kier alpha value is -1.95. The second kappa shape index (κ2) is 5.58. The Kier molecular flexibility index (Phi) is 3.64. The summed E-state index contributed by atoms with van der Waals surface area (Å²) in [4.78, 5) is 2.27. The third-order valence-corrected chi connectivity index (χ3v) is 4.38. The summed E-state index contributed by atoms with van der Waals surface area (Å²) in [6.07, 6.45) is 0. The van der Waals surface area contributed by atoms with Gasteiger partial charge in [0.15, 0.2) is 0 Å². The van der Waals surface area contributed by atoms with Crippen LogP contribution in [0.5, 0.6) is 0 Å². The predicted octanol–water partition coefficient (Wildman–Crippen LogP) is 5.52. The number of rotatable bonds is 2. The summed E-state index contributed by atoms with van der Waals surface area (Å²) in [5, 5.41) is 12.0. The number of hydrogen-bond acceptors (Lipinski definition) is 2. The fourth-order valence-corrected chi connectivity index (χ4v) is 3.16. The van der Waals surface area contributed by atoms with E-state index in [1.807, 2.05) is 54.6 Å². The molecular formula is C17H10ClNS. The van der Waals surface area contributed by atoms with Gasteiger partial charge >= 0.3 is 0 Å². The van der Waals surface area contributed by atoms with Crippen LogP contribution in [0.2, 0.25) is 5.02 Å². The maximum atomic E-state index is 9.18. The van der Waals surface area contributed by atoms with Crippen molar-refractivity contribution in [1.29, 1.82) is 5.26 Å². The predicted molar refractivity (Wildman–Crippen MR) is 84.2 cm³/mol. The van der Waals surface area contributed by atoms with Crippen LogP contribution in [0.1, 0.15) is 5.56 Å². The minimum absolute atomic E-state index is 0.709. The SMILES string of the molecule is N#Cc1ccc(Sc2ccc(Cl)cc2)c2ccccc12. The van der Waals surface area contributed by atoms with E-state index >= 15 is 0 Å². The maximum Gasteiger partial charge on any atom is 0.0998 e. The van der Waals surface area contributed by atoms with E-state index in [4.69, 9.17) is 11.6 Å². The van der Waals surface area contributed by atoms with Crippen molar-refractivity contribution in [3.8, 4) is 6.07 Å². The van der Waals surface area contributed by atoms with E-state index in [1.165, 1.54) is 0 Å². The zero-order valence-electron chi connectivity index (χ0n) is 10.5. The normalized spacial score (nSPS) is 10.4. The largest absolute Gasteiger partial charge is 0.192 e. The molecule has 0 saturated heterocycles. The lowest BCUT2D eigenvalue weighted by molar-refractivity contribution is 1.43. The molecule has 0 unspecified atom stereocenters. The average molecular weight is 296 g/mol. The lowest BCUT2D eigenvalue weighted by Gasteiger charge is -2.07. The van der Waals surface area contributed by atoms with Gasteiger partial charge in [0.1, 0.15) is 0 Å². The molecule has 3 aromatic rings. The molecule has 0 heterocycles. The molecule has 0 fully saturated rings. The van der Waals surface area contributed by atoms with Crippen LogP contribution < -0.4 is 0 Å². The Morgan fingerprint density at radius 3 is 2.25 bits per heavy atom. The highest BCUT2D eigenvalue weighted by Crippen LogP contribution is 2.35. The second-order valence-electron chi connectivity index (χ2n) is 4.32. The molecule has 0 aliphatic carbocycles. The van der Waals surface area contributed by atoms with Gasteiger partial charge in [-0.15, -0.1) is 0 Å². The van der Waals surface area contributed by atoms with Crippen LogP contribution >= 0.6 is 23.4 Å². The minimum Gasteiger partial charge on any atom is -0.192 e. The van der Waals surface area contributed by atoms with Gasteiger partial charge < -0.3 is 0 Å². The molecule has 0 aromatic heterocycles. The van der Waals surface area contributed by atoms with Gasteiger partial charge in [-0.2, -0.15) is 5.26 Å². The summed E-state index contributed by atoms with van der Waals surface area (Å²) >= 11 is 7.58. The highest BCUT2D eigenvalue weighted by Gasteiger charge is 2.06. The molecule has 20 heavy (non-hydrogen) atoms. The van der Waals surface area contributed by atoms with Crippen LogP contribution in [0.25, 0.3) is 10.8 Å². The van der Waals surface area contributed by atoms with E-state index in [9.17, 15) is 5.26 Å². The smallest absolute Gasteiger partial charge is 0.0998 e. The number of halogens is 1. The van der Waals surface area contributed by atoms with E-state index in [0.717, 1.165) is 25.6 Å². The summed E-state index contributed by atoms with van der Waals surface area (Å²) in [5.74, 6) is 0. The van der Waals surface area contributed by atoms with Crippen LogP contribution in [-0.4, -0.2) is 0 Å². The van der Waals surface area contributed by atoms with Crippen molar-refractivity contribution in [1.82, 2.24) is 0 Å². The lowest BCUT2D eigenvalue weighted by atomic mass is 10.1. The van der Waals surface area contributed by atoms with Gasteiger partial charge in [0.05, 0.1) is 11.6 Å². The summed E-state index contributed by atoms with van der Waals surface area (Å²) in [5.41, 5.74) is 0.709. The topological polar surface area (TPSA) is 23.8 Å². The molecule has 3 heteroatoms. The van der Waals surface area contributed by atoms with E-state index in [2.05, 4.69) is 12.1 Å². The first-order chi connectivity index (χ1) is 9.78. The van der Waals surface area contributed by atoms with Crippen molar-refractivity contribution in [3.05, 3.63) is 71.2 Å². The molecule has 0 bridgehead atoms. The first kappa shape index (κ1) is 13.1. The van der Waals surface area contributed by atoms with Crippen LogP contribution in [0.4, 0.5) is 0 Å². The standard InChI is InChI=1S/C17H10ClNS/c18-13-6-8-14(9-7-13)20-17-10-5-12(11-19)15-3-1-2-4-16(15)17/h1-10H. The monoisotopic (exact) mass is 295 g/mol. The molecule has 0 saturated carbocycles. The molecule has 0 N–H and O–H groups in total. The van der Waals surface area contributed by atoms with Crippen molar-refractivity contribution >= 4 is 34.1 Å². The van der Waals surface area contributed by atoms with Gasteiger partial charge in [-0.05, 0) is 41.8 Å².